The van der Waals surface area contributed by atoms with Gasteiger partial charge in [-0.25, -0.2) is 0 Å². The third-order valence-electron chi connectivity index (χ3n) is 3.69. The van der Waals surface area contributed by atoms with Gasteiger partial charge in [0.25, 0.3) is 0 Å². The lowest BCUT2D eigenvalue weighted by atomic mass is 10.2. The Labute approximate surface area is 113 Å². The van der Waals surface area contributed by atoms with Crippen molar-refractivity contribution < 1.29 is 5.11 Å². The van der Waals surface area contributed by atoms with Crippen LogP contribution in [0.4, 0.5) is 5.69 Å². The summed E-state index contributed by atoms with van der Waals surface area (Å²) in [5.74, 6) is 0. The standard InChI is InChI=1S/C14H19ClN2O/c15-13-7-10(8-16-11-2-3-11)1-4-14(13)17-6-5-12(18)9-17/h1,4,7,11-12,16,18H,2-3,5-6,8-9H2. The van der Waals surface area contributed by atoms with Crippen molar-refractivity contribution in [3.05, 3.63) is 28.8 Å². The molecular formula is C14H19ClN2O. The summed E-state index contributed by atoms with van der Waals surface area (Å²) in [6.07, 6.45) is 3.23. The quantitative estimate of drug-likeness (QED) is 0.877. The lowest BCUT2D eigenvalue weighted by Crippen LogP contribution is -2.21. The van der Waals surface area contributed by atoms with Crippen LogP contribution in [0.25, 0.3) is 0 Å². The minimum Gasteiger partial charge on any atom is -0.391 e. The van der Waals surface area contributed by atoms with Gasteiger partial charge in [-0.3, -0.25) is 0 Å². The first-order chi connectivity index (χ1) is 8.72. The molecule has 0 spiro atoms. The van der Waals surface area contributed by atoms with Gasteiger partial charge in [0.15, 0.2) is 0 Å². The van der Waals surface area contributed by atoms with Crippen LogP contribution in [0.5, 0.6) is 0 Å². The Morgan fingerprint density at radius 2 is 2.17 bits per heavy atom. The predicted octanol–water partition coefficient (Wildman–Crippen LogP) is 2.16. The van der Waals surface area contributed by atoms with E-state index >= 15 is 0 Å². The highest BCUT2D eigenvalue weighted by molar-refractivity contribution is 6.33. The van der Waals surface area contributed by atoms with Gasteiger partial charge in [0.1, 0.15) is 0 Å². The summed E-state index contributed by atoms with van der Waals surface area (Å²) in [6.45, 7) is 2.48. The smallest absolute Gasteiger partial charge is 0.0731 e. The summed E-state index contributed by atoms with van der Waals surface area (Å²) in [7, 11) is 0. The number of nitrogens with one attached hydrogen (secondary N) is 1. The number of aliphatic hydroxyl groups is 1. The largest absolute Gasteiger partial charge is 0.391 e. The van der Waals surface area contributed by atoms with Crippen LogP contribution in [-0.4, -0.2) is 30.3 Å². The number of aliphatic hydroxyl groups excluding tert-OH is 1. The zero-order valence-corrected chi connectivity index (χ0v) is 11.2. The molecule has 1 aliphatic heterocycles. The molecule has 1 aromatic rings. The summed E-state index contributed by atoms with van der Waals surface area (Å²) in [5, 5.41) is 13.8. The molecule has 0 aromatic heterocycles. The monoisotopic (exact) mass is 266 g/mol. The van der Waals surface area contributed by atoms with Gasteiger partial charge in [-0.05, 0) is 37.0 Å². The third-order valence-corrected chi connectivity index (χ3v) is 3.99. The Bertz CT molecular complexity index is 434. The van der Waals surface area contributed by atoms with Crippen LogP contribution in [0, 0.1) is 0 Å². The van der Waals surface area contributed by atoms with E-state index in [1.807, 2.05) is 6.07 Å². The van der Waals surface area contributed by atoms with E-state index < -0.39 is 0 Å². The molecule has 3 nitrogen and oxygen atoms in total. The SMILES string of the molecule is OC1CCN(c2ccc(CNC3CC3)cc2Cl)C1. The molecule has 1 saturated heterocycles. The summed E-state index contributed by atoms with van der Waals surface area (Å²) in [6, 6.07) is 6.96. The van der Waals surface area contributed by atoms with E-state index in [4.69, 9.17) is 11.6 Å². The van der Waals surface area contributed by atoms with Crippen LogP contribution in [-0.2, 0) is 6.54 Å². The number of halogens is 1. The van der Waals surface area contributed by atoms with E-state index in [1.54, 1.807) is 0 Å². The van der Waals surface area contributed by atoms with Gasteiger partial charge >= 0.3 is 0 Å². The van der Waals surface area contributed by atoms with Crippen LogP contribution in [0.3, 0.4) is 0 Å². The lowest BCUT2D eigenvalue weighted by molar-refractivity contribution is 0.198. The molecule has 2 fully saturated rings. The van der Waals surface area contributed by atoms with E-state index in [-0.39, 0.29) is 6.10 Å². The number of hydrogen-bond acceptors (Lipinski definition) is 3. The van der Waals surface area contributed by atoms with Crippen LogP contribution in [0.2, 0.25) is 5.02 Å². The van der Waals surface area contributed by atoms with E-state index in [2.05, 4.69) is 22.3 Å². The fourth-order valence-corrected chi connectivity index (χ4v) is 2.75. The molecular weight excluding hydrogens is 248 g/mol. The highest BCUT2D eigenvalue weighted by atomic mass is 35.5. The Balaban J connectivity index is 1.67. The Morgan fingerprint density at radius 3 is 2.78 bits per heavy atom. The fraction of sp³-hybridized carbons (Fsp3) is 0.571. The van der Waals surface area contributed by atoms with Gasteiger partial charge in [0, 0.05) is 25.7 Å². The van der Waals surface area contributed by atoms with E-state index in [9.17, 15) is 5.11 Å². The zero-order chi connectivity index (χ0) is 12.5. The predicted molar refractivity (Wildman–Crippen MR) is 74.2 cm³/mol. The maximum Gasteiger partial charge on any atom is 0.0731 e. The molecule has 18 heavy (non-hydrogen) atoms. The summed E-state index contributed by atoms with van der Waals surface area (Å²) < 4.78 is 0. The number of rotatable bonds is 4. The average molecular weight is 267 g/mol. The van der Waals surface area contributed by atoms with Gasteiger partial charge < -0.3 is 15.3 Å². The molecule has 0 amide bonds. The Kier molecular flexibility index (Phi) is 3.46. The molecule has 3 rings (SSSR count). The molecule has 98 valence electrons. The average Bonchev–Trinajstić information content (AvgIpc) is 3.09. The molecule has 1 saturated carbocycles. The van der Waals surface area contributed by atoms with Crippen molar-refractivity contribution in [3.63, 3.8) is 0 Å². The highest BCUT2D eigenvalue weighted by Gasteiger charge is 2.23. The first kappa shape index (κ1) is 12.3. The minimum atomic E-state index is -0.211. The molecule has 4 heteroatoms. The lowest BCUT2D eigenvalue weighted by Gasteiger charge is -2.20. The first-order valence-corrected chi connectivity index (χ1v) is 7.05. The topological polar surface area (TPSA) is 35.5 Å². The highest BCUT2D eigenvalue weighted by Crippen LogP contribution is 2.30. The zero-order valence-electron chi connectivity index (χ0n) is 10.4. The van der Waals surface area contributed by atoms with Gasteiger partial charge in [0.05, 0.1) is 16.8 Å². The molecule has 1 aliphatic carbocycles. The summed E-state index contributed by atoms with van der Waals surface area (Å²) in [4.78, 5) is 2.16. The van der Waals surface area contributed by atoms with Gasteiger partial charge in [-0.2, -0.15) is 0 Å². The molecule has 2 aliphatic rings. The van der Waals surface area contributed by atoms with Crippen molar-refractivity contribution >= 4 is 17.3 Å². The normalized spacial score (nSPS) is 23.7. The van der Waals surface area contributed by atoms with Crippen molar-refractivity contribution in [1.82, 2.24) is 5.32 Å². The number of anilines is 1. The van der Waals surface area contributed by atoms with E-state index in [0.29, 0.717) is 6.54 Å². The molecule has 1 aromatic carbocycles. The third kappa shape index (κ3) is 2.79. The number of hydrogen-bond donors (Lipinski definition) is 2. The first-order valence-electron chi connectivity index (χ1n) is 6.67. The maximum atomic E-state index is 9.56. The van der Waals surface area contributed by atoms with Crippen molar-refractivity contribution in [2.45, 2.75) is 38.0 Å². The Morgan fingerprint density at radius 1 is 1.33 bits per heavy atom. The number of benzene rings is 1. The minimum absolute atomic E-state index is 0.211. The second-order valence-electron chi connectivity index (χ2n) is 5.33. The van der Waals surface area contributed by atoms with Gasteiger partial charge in [-0.1, -0.05) is 17.7 Å². The molecule has 1 atom stereocenters. The van der Waals surface area contributed by atoms with Crippen LogP contribution in [0.15, 0.2) is 18.2 Å². The molecule has 2 N–H and O–H groups in total. The van der Waals surface area contributed by atoms with Crippen molar-refractivity contribution in [1.29, 1.82) is 0 Å². The number of nitrogens with zero attached hydrogens (tertiary/aromatic N) is 1. The van der Waals surface area contributed by atoms with Crippen LogP contribution >= 0.6 is 11.6 Å². The number of β-amino-alcohol motifs (C(OH)–C–C–N with tert-alkyl or cyclic N) is 1. The van der Waals surface area contributed by atoms with Gasteiger partial charge in [-0.15, -0.1) is 0 Å². The fourth-order valence-electron chi connectivity index (χ4n) is 2.43. The molecule has 1 unspecified atom stereocenters. The van der Waals surface area contributed by atoms with E-state index in [1.165, 1.54) is 18.4 Å². The van der Waals surface area contributed by atoms with E-state index in [0.717, 1.165) is 36.3 Å². The summed E-state index contributed by atoms with van der Waals surface area (Å²) in [5.41, 5.74) is 2.28. The van der Waals surface area contributed by atoms with Crippen LogP contribution in [0.1, 0.15) is 24.8 Å². The second-order valence-corrected chi connectivity index (χ2v) is 5.74. The second kappa shape index (κ2) is 5.08. The van der Waals surface area contributed by atoms with Crippen molar-refractivity contribution in [2.24, 2.45) is 0 Å². The molecule has 0 radical (unpaired) electrons. The maximum absolute atomic E-state index is 9.56. The van der Waals surface area contributed by atoms with Crippen molar-refractivity contribution in [3.8, 4) is 0 Å². The van der Waals surface area contributed by atoms with Gasteiger partial charge in [0.2, 0.25) is 0 Å². The van der Waals surface area contributed by atoms with Crippen LogP contribution < -0.4 is 10.2 Å². The van der Waals surface area contributed by atoms with Crippen molar-refractivity contribution in [2.75, 3.05) is 18.0 Å². The molecule has 1 heterocycles. The molecule has 0 bridgehead atoms. The Hall–Kier alpha value is -0.770. The summed E-state index contributed by atoms with van der Waals surface area (Å²) >= 11 is 6.34.